The minimum atomic E-state index is -1.29. The lowest BCUT2D eigenvalue weighted by Crippen LogP contribution is -2.37. The van der Waals surface area contributed by atoms with E-state index in [9.17, 15) is 4.21 Å². The van der Waals surface area contributed by atoms with Crippen molar-refractivity contribution in [1.29, 1.82) is 0 Å². The average molecular weight is 507 g/mol. The van der Waals surface area contributed by atoms with Gasteiger partial charge < -0.3 is 20.3 Å². The normalized spacial score (nSPS) is 17.0. The van der Waals surface area contributed by atoms with Crippen molar-refractivity contribution in [3.05, 3.63) is 60.3 Å². The van der Waals surface area contributed by atoms with Crippen LogP contribution in [0.15, 0.2) is 59.6 Å². The van der Waals surface area contributed by atoms with E-state index in [1.807, 2.05) is 75.5 Å². The lowest BCUT2D eigenvalue weighted by Gasteiger charge is -2.23. The molecule has 1 fully saturated rings. The molecule has 3 aromatic rings. The molecule has 5 rings (SSSR count). The lowest BCUT2D eigenvalue weighted by molar-refractivity contribution is 0.162. The maximum atomic E-state index is 12.8. The van der Waals surface area contributed by atoms with Gasteiger partial charge in [-0.1, -0.05) is 6.07 Å². The van der Waals surface area contributed by atoms with E-state index in [1.165, 1.54) is 0 Å². The molecule has 0 spiro atoms. The molecule has 3 N–H and O–H groups in total. The van der Waals surface area contributed by atoms with E-state index in [1.54, 1.807) is 0 Å². The Morgan fingerprint density at radius 1 is 1.11 bits per heavy atom. The molecule has 0 saturated carbocycles. The highest BCUT2D eigenvalue weighted by Gasteiger charge is 2.24. The molecule has 0 radical (unpaired) electrons. The Morgan fingerprint density at radius 3 is 2.64 bits per heavy atom. The van der Waals surface area contributed by atoms with Gasteiger partial charge in [0.2, 0.25) is 5.95 Å². The number of rotatable bonds is 7. The molecular formula is C27H34N6O2S. The van der Waals surface area contributed by atoms with Gasteiger partial charge in [-0.15, -0.1) is 0 Å². The number of ether oxygens (including phenoxy) is 1. The van der Waals surface area contributed by atoms with Crippen molar-refractivity contribution in [1.82, 2.24) is 20.0 Å². The molecule has 0 amide bonds. The van der Waals surface area contributed by atoms with Crippen molar-refractivity contribution in [2.45, 2.75) is 56.6 Å². The maximum Gasteiger partial charge on any atom is 0.229 e. The number of nitrogens with zero attached hydrogens (tertiary/aromatic N) is 3. The van der Waals surface area contributed by atoms with E-state index in [0.717, 1.165) is 72.3 Å². The SMILES string of the molecule is CC(C)(C)NS(=O)c1cccc(N2CCc3cnc(Nc4ccc(OC5CCNCC5)cc4)nc32)c1. The van der Waals surface area contributed by atoms with E-state index in [0.29, 0.717) is 5.95 Å². The molecule has 2 aromatic carbocycles. The van der Waals surface area contributed by atoms with E-state index >= 15 is 0 Å². The predicted octanol–water partition coefficient (Wildman–Crippen LogP) is 4.46. The molecule has 36 heavy (non-hydrogen) atoms. The summed E-state index contributed by atoms with van der Waals surface area (Å²) in [6, 6.07) is 15.8. The fourth-order valence-electron chi connectivity index (χ4n) is 4.41. The van der Waals surface area contributed by atoms with Gasteiger partial charge in [0, 0.05) is 35.2 Å². The van der Waals surface area contributed by atoms with E-state index in [4.69, 9.17) is 9.72 Å². The number of benzene rings is 2. The Bertz CT molecular complexity index is 1220. The average Bonchev–Trinajstić information content (AvgIpc) is 3.28. The van der Waals surface area contributed by atoms with Crippen LogP contribution in [-0.2, 0) is 17.4 Å². The molecule has 8 nitrogen and oxygen atoms in total. The Morgan fingerprint density at radius 2 is 1.89 bits per heavy atom. The van der Waals surface area contributed by atoms with Crippen LogP contribution in [0, 0.1) is 0 Å². The van der Waals surface area contributed by atoms with Crippen molar-refractivity contribution in [2.75, 3.05) is 29.9 Å². The van der Waals surface area contributed by atoms with Crippen molar-refractivity contribution >= 4 is 34.1 Å². The van der Waals surface area contributed by atoms with E-state index in [-0.39, 0.29) is 11.6 Å². The highest BCUT2D eigenvalue weighted by Crippen LogP contribution is 2.34. The van der Waals surface area contributed by atoms with Gasteiger partial charge in [0.25, 0.3) is 0 Å². The molecule has 1 unspecified atom stereocenters. The van der Waals surface area contributed by atoms with Crippen LogP contribution in [0.5, 0.6) is 5.75 Å². The van der Waals surface area contributed by atoms with Gasteiger partial charge in [-0.3, -0.25) is 0 Å². The Hall–Kier alpha value is -3.01. The molecule has 1 saturated heterocycles. The number of fused-ring (bicyclic) bond motifs is 1. The first-order chi connectivity index (χ1) is 17.3. The molecule has 3 heterocycles. The Balaban J connectivity index is 1.29. The monoisotopic (exact) mass is 506 g/mol. The van der Waals surface area contributed by atoms with Crippen molar-refractivity contribution in [2.24, 2.45) is 0 Å². The van der Waals surface area contributed by atoms with Crippen LogP contribution in [-0.4, -0.2) is 45.5 Å². The molecular weight excluding hydrogens is 472 g/mol. The minimum Gasteiger partial charge on any atom is -0.490 e. The highest BCUT2D eigenvalue weighted by atomic mass is 32.2. The van der Waals surface area contributed by atoms with E-state index < -0.39 is 11.0 Å². The van der Waals surface area contributed by atoms with Crippen LogP contribution in [0.4, 0.5) is 23.1 Å². The van der Waals surface area contributed by atoms with Gasteiger partial charge in [0.15, 0.2) is 0 Å². The van der Waals surface area contributed by atoms with Gasteiger partial charge in [-0.25, -0.2) is 13.9 Å². The summed E-state index contributed by atoms with van der Waals surface area (Å²) in [5.41, 5.74) is 2.74. The van der Waals surface area contributed by atoms with Crippen LogP contribution in [0.25, 0.3) is 0 Å². The third-order valence-corrected chi connectivity index (χ3v) is 7.62. The van der Waals surface area contributed by atoms with Gasteiger partial charge in [0.1, 0.15) is 28.7 Å². The van der Waals surface area contributed by atoms with Gasteiger partial charge >= 0.3 is 0 Å². The minimum absolute atomic E-state index is 0.243. The number of anilines is 4. The third kappa shape index (κ3) is 6.03. The standard InChI is InChI=1S/C27H34N6O2S/c1-27(2,3)32-36(34)24-6-4-5-21(17-24)33-16-13-19-18-29-26(31-25(19)33)30-20-7-9-22(10-8-20)35-23-11-14-28-15-12-23/h4-10,17-18,23,28,32H,11-16H2,1-3H3,(H,29,30,31). The molecule has 9 heteroatoms. The predicted molar refractivity (Wildman–Crippen MR) is 145 cm³/mol. The molecule has 190 valence electrons. The summed E-state index contributed by atoms with van der Waals surface area (Å²) >= 11 is 0. The van der Waals surface area contributed by atoms with Crippen molar-refractivity contribution in [3.63, 3.8) is 0 Å². The zero-order chi connectivity index (χ0) is 25.1. The second-order valence-corrected chi connectivity index (χ2v) is 11.5. The smallest absolute Gasteiger partial charge is 0.229 e. The summed E-state index contributed by atoms with van der Waals surface area (Å²) in [4.78, 5) is 12.3. The summed E-state index contributed by atoms with van der Waals surface area (Å²) in [5.74, 6) is 2.30. The molecule has 2 aliphatic rings. The molecule has 1 atom stereocenters. The second-order valence-electron chi connectivity index (χ2n) is 10.3. The molecule has 0 bridgehead atoms. The molecule has 2 aliphatic heterocycles. The number of piperidine rings is 1. The van der Waals surface area contributed by atoms with Gasteiger partial charge in [-0.2, -0.15) is 4.98 Å². The van der Waals surface area contributed by atoms with Crippen LogP contribution < -0.4 is 25.0 Å². The fourth-order valence-corrected chi connectivity index (χ4v) is 5.52. The van der Waals surface area contributed by atoms with Gasteiger partial charge in [-0.05, 0) is 95.6 Å². The van der Waals surface area contributed by atoms with Gasteiger partial charge in [0.05, 0.1) is 4.90 Å². The van der Waals surface area contributed by atoms with E-state index in [2.05, 4.69) is 25.2 Å². The largest absolute Gasteiger partial charge is 0.490 e. The summed E-state index contributed by atoms with van der Waals surface area (Å²) in [6.07, 6.45) is 5.10. The van der Waals surface area contributed by atoms with Crippen LogP contribution in [0.3, 0.4) is 0 Å². The molecule has 0 aliphatic carbocycles. The zero-order valence-electron chi connectivity index (χ0n) is 21.1. The maximum absolute atomic E-state index is 12.8. The quantitative estimate of drug-likeness (QED) is 0.436. The number of nitrogens with one attached hydrogen (secondary N) is 3. The van der Waals surface area contributed by atoms with Crippen LogP contribution >= 0.6 is 0 Å². The summed E-state index contributed by atoms with van der Waals surface area (Å²) in [7, 11) is -1.29. The van der Waals surface area contributed by atoms with Crippen LogP contribution in [0.1, 0.15) is 39.2 Å². The number of hydrogen-bond acceptors (Lipinski definition) is 7. The van der Waals surface area contributed by atoms with Crippen molar-refractivity contribution < 1.29 is 8.95 Å². The Kier molecular flexibility index (Phi) is 7.22. The summed E-state index contributed by atoms with van der Waals surface area (Å²) < 4.78 is 22.0. The third-order valence-electron chi connectivity index (χ3n) is 6.14. The first kappa shape index (κ1) is 24.7. The fraction of sp³-hybridized carbons (Fsp3) is 0.407. The highest BCUT2D eigenvalue weighted by molar-refractivity contribution is 7.83. The summed E-state index contributed by atoms with van der Waals surface area (Å²) in [6.45, 7) is 8.84. The zero-order valence-corrected chi connectivity index (χ0v) is 21.9. The number of hydrogen-bond donors (Lipinski definition) is 3. The summed E-state index contributed by atoms with van der Waals surface area (Å²) in [5, 5.41) is 6.68. The second kappa shape index (κ2) is 10.5. The topological polar surface area (TPSA) is 91.4 Å². The van der Waals surface area contributed by atoms with Crippen LogP contribution in [0.2, 0.25) is 0 Å². The first-order valence-corrected chi connectivity index (χ1v) is 13.7. The molecule has 1 aromatic heterocycles. The number of aromatic nitrogens is 2. The first-order valence-electron chi connectivity index (χ1n) is 12.5. The van der Waals surface area contributed by atoms with Crippen molar-refractivity contribution in [3.8, 4) is 5.75 Å². The Labute approximate surface area is 215 Å². The lowest BCUT2D eigenvalue weighted by atomic mass is 10.1.